The van der Waals surface area contributed by atoms with Gasteiger partial charge in [-0.25, -0.2) is 4.98 Å². The summed E-state index contributed by atoms with van der Waals surface area (Å²) in [5, 5.41) is 14.5. The molecule has 1 aliphatic rings. The highest BCUT2D eigenvalue weighted by molar-refractivity contribution is 5.92. The van der Waals surface area contributed by atoms with Gasteiger partial charge in [-0.05, 0) is 12.1 Å². The lowest BCUT2D eigenvalue weighted by atomic mass is 10.2. The van der Waals surface area contributed by atoms with E-state index in [4.69, 9.17) is 5.26 Å². The molecule has 0 aromatic carbocycles. The fourth-order valence-electron chi connectivity index (χ4n) is 1.91. The van der Waals surface area contributed by atoms with Crippen molar-refractivity contribution in [1.29, 1.82) is 5.26 Å². The summed E-state index contributed by atoms with van der Waals surface area (Å²) >= 11 is 0. The molecule has 1 amide bonds. The number of nitriles is 1. The highest BCUT2D eigenvalue weighted by Crippen LogP contribution is 2.15. The first-order chi connectivity index (χ1) is 8.74. The topological polar surface area (TPSA) is 81.0 Å². The Kier molecular flexibility index (Phi) is 3.75. The van der Waals surface area contributed by atoms with Gasteiger partial charge in [-0.1, -0.05) is 0 Å². The molecule has 1 unspecified atom stereocenters. The maximum atomic E-state index is 11.4. The molecule has 2 heterocycles. The number of hydrogen-bond donors (Lipinski definition) is 2. The van der Waals surface area contributed by atoms with Crippen molar-refractivity contribution in [3.05, 3.63) is 24.0 Å². The maximum Gasteiger partial charge on any atom is 0.269 e. The fourth-order valence-corrected chi connectivity index (χ4v) is 1.91. The van der Waals surface area contributed by atoms with Gasteiger partial charge in [0.05, 0.1) is 18.0 Å². The van der Waals surface area contributed by atoms with E-state index in [1.807, 2.05) is 6.07 Å². The molecule has 1 aromatic rings. The minimum absolute atomic E-state index is 0.155. The van der Waals surface area contributed by atoms with Crippen LogP contribution >= 0.6 is 0 Å². The summed E-state index contributed by atoms with van der Waals surface area (Å²) in [7, 11) is 1.58. The average molecular weight is 245 g/mol. The third-order valence-corrected chi connectivity index (χ3v) is 2.90. The lowest BCUT2D eigenvalue weighted by molar-refractivity contribution is 0.0958. The lowest BCUT2D eigenvalue weighted by Crippen LogP contribution is -2.50. The van der Waals surface area contributed by atoms with Crippen molar-refractivity contribution >= 4 is 11.6 Å². The van der Waals surface area contributed by atoms with E-state index in [2.05, 4.69) is 26.6 Å². The summed E-state index contributed by atoms with van der Waals surface area (Å²) in [6.07, 6.45) is 1.67. The Morgan fingerprint density at radius 3 is 3.11 bits per heavy atom. The second kappa shape index (κ2) is 5.47. The SMILES string of the molecule is CNC(=O)c1ccc(N2CCNC(C#N)C2)cn1. The third kappa shape index (κ3) is 2.57. The number of carbonyl (C=O) groups is 1. The molecule has 6 heteroatoms. The summed E-state index contributed by atoms with van der Waals surface area (Å²) in [6, 6.07) is 5.60. The Bertz CT molecular complexity index is 464. The molecule has 1 fully saturated rings. The quantitative estimate of drug-likeness (QED) is 0.750. The zero-order valence-electron chi connectivity index (χ0n) is 10.2. The number of pyridine rings is 1. The molecule has 0 radical (unpaired) electrons. The van der Waals surface area contributed by atoms with Gasteiger partial charge in [0, 0.05) is 26.7 Å². The van der Waals surface area contributed by atoms with Crippen LogP contribution in [0.3, 0.4) is 0 Å². The summed E-state index contributed by atoms with van der Waals surface area (Å²) < 4.78 is 0. The minimum atomic E-state index is -0.197. The lowest BCUT2D eigenvalue weighted by Gasteiger charge is -2.32. The predicted molar refractivity (Wildman–Crippen MR) is 67.2 cm³/mol. The van der Waals surface area contributed by atoms with Gasteiger partial charge < -0.3 is 10.2 Å². The van der Waals surface area contributed by atoms with Gasteiger partial charge in [0.1, 0.15) is 11.7 Å². The van der Waals surface area contributed by atoms with E-state index in [1.54, 1.807) is 19.3 Å². The van der Waals surface area contributed by atoms with Crippen molar-refractivity contribution in [1.82, 2.24) is 15.6 Å². The zero-order chi connectivity index (χ0) is 13.0. The van der Waals surface area contributed by atoms with Crippen molar-refractivity contribution in [2.45, 2.75) is 6.04 Å². The molecule has 1 atom stereocenters. The monoisotopic (exact) mass is 245 g/mol. The van der Waals surface area contributed by atoms with Gasteiger partial charge in [0.25, 0.3) is 5.91 Å². The van der Waals surface area contributed by atoms with E-state index in [0.29, 0.717) is 12.2 Å². The molecular formula is C12H15N5O. The first kappa shape index (κ1) is 12.3. The van der Waals surface area contributed by atoms with Crippen molar-refractivity contribution in [3.63, 3.8) is 0 Å². The van der Waals surface area contributed by atoms with E-state index in [9.17, 15) is 4.79 Å². The minimum Gasteiger partial charge on any atom is -0.366 e. The molecule has 0 saturated carbocycles. The number of aromatic nitrogens is 1. The van der Waals surface area contributed by atoms with E-state index < -0.39 is 0 Å². The molecule has 6 nitrogen and oxygen atoms in total. The Hall–Kier alpha value is -2.13. The predicted octanol–water partition coefficient (Wildman–Crippen LogP) is -0.257. The van der Waals surface area contributed by atoms with Crippen molar-refractivity contribution in [2.75, 3.05) is 31.6 Å². The van der Waals surface area contributed by atoms with Crippen molar-refractivity contribution in [3.8, 4) is 6.07 Å². The van der Waals surface area contributed by atoms with Crippen LogP contribution in [0, 0.1) is 11.3 Å². The number of anilines is 1. The molecule has 1 saturated heterocycles. The van der Waals surface area contributed by atoms with Crippen molar-refractivity contribution in [2.24, 2.45) is 0 Å². The van der Waals surface area contributed by atoms with Gasteiger partial charge in [-0.2, -0.15) is 5.26 Å². The highest BCUT2D eigenvalue weighted by atomic mass is 16.1. The summed E-state index contributed by atoms with van der Waals surface area (Å²) in [4.78, 5) is 17.6. The number of nitrogens with one attached hydrogen (secondary N) is 2. The van der Waals surface area contributed by atoms with E-state index >= 15 is 0 Å². The number of rotatable bonds is 2. The summed E-state index contributed by atoms with van der Waals surface area (Å²) in [5.41, 5.74) is 1.33. The van der Waals surface area contributed by atoms with Gasteiger partial charge in [0.15, 0.2) is 0 Å². The first-order valence-corrected chi connectivity index (χ1v) is 5.80. The van der Waals surface area contributed by atoms with Crippen LogP contribution in [-0.2, 0) is 0 Å². The Morgan fingerprint density at radius 2 is 2.50 bits per heavy atom. The molecule has 18 heavy (non-hydrogen) atoms. The molecule has 94 valence electrons. The van der Waals surface area contributed by atoms with Crippen LogP contribution in [0.1, 0.15) is 10.5 Å². The first-order valence-electron chi connectivity index (χ1n) is 5.80. The van der Waals surface area contributed by atoms with Crippen LogP contribution in [0.4, 0.5) is 5.69 Å². The molecule has 1 aromatic heterocycles. The highest BCUT2D eigenvalue weighted by Gasteiger charge is 2.19. The second-order valence-electron chi connectivity index (χ2n) is 4.06. The third-order valence-electron chi connectivity index (χ3n) is 2.90. The van der Waals surface area contributed by atoms with Gasteiger partial charge >= 0.3 is 0 Å². The Morgan fingerprint density at radius 1 is 1.67 bits per heavy atom. The second-order valence-corrected chi connectivity index (χ2v) is 4.06. The van der Waals surface area contributed by atoms with Crippen LogP contribution < -0.4 is 15.5 Å². The van der Waals surface area contributed by atoms with E-state index in [0.717, 1.165) is 18.8 Å². The molecule has 0 spiro atoms. The van der Waals surface area contributed by atoms with Gasteiger partial charge in [-0.3, -0.25) is 10.1 Å². The molecule has 2 N–H and O–H groups in total. The number of amides is 1. The number of carbonyl (C=O) groups excluding carboxylic acids is 1. The van der Waals surface area contributed by atoms with Crippen molar-refractivity contribution < 1.29 is 4.79 Å². The standard InChI is InChI=1S/C12H15N5O/c1-14-12(18)11-3-2-10(7-16-11)17-5-4-15-9(6-13)8-17/h2-3,7,9,15H,4-5,8H2,1H3,(H,14,18). The molecule has 2 rings (SSSR count). The summed E-state index contributed by atoms with van der Waals surface area (Å²) in [6.45, 7) is 2.24. The van der Waals surface area contributed by atoms with E-state index in [-0.39, 0.29) is 11.9 Å². The number of hydrogen-bond acceptors (Lipinski definition) is 5. The number of piperazine rings is 1. The molecule has 1 aliphatic heterocycles. The molecule has 0 aliphatic carbocycles. The zero-order valence-corrected chi connectivity index (χ0v) is 10.2. The van der Waals surface area contributed by atoms with Crippen LogP contribution in [0.5, 0.6) is 0 Å². The average Bonchev–Trinajstić information content (AvgIpc) is 2.46. The van der Waals surface area contributed by atoms with Crippen LogP contribution in [0.25, 0.3) is 0 Å². The Balaban J connectivity index is 2.10. The fraction of sp³-hybridized carbons (Fsp3) is 0.417. The Labute approximate surface area is 106 Å². The summed E-state index contributed by atoms with van der Waals surface area (Å²) in [5.74, 6) is -0.197. The number of nitrogens with zero attached hydrogens (tertiary/aromatic N) is 3. The molecule has 0 bridgehead atoms. The largest absolute Gasteiger partial charge is 0.366 e. The van der Waals surface area contributed by atoms with Gasteiger partial charge in [-0.15, -0.1) is 0 Å². The van der Waals surface area contributed by atoms with Crippen LogP contribution in [-0.4, -0.2) is 43.6 Å². The maximum absolute atomic E-state index is 11.4. The molecular weight excluding hydrogens is 230 g/mol. The van der Waals surface area contributed by atoms with Crippen LogP contribution in [0.15, 0.2) is 18.3 Å². The van der Waals surface area contributed by atoms with E-state index in [1.165, 1.54) is 0 Å². The normalized spacial score (nSPS) is 19.1. The van der Waals surface area contributed by atoms with Gasteiger partial charge in [0.2, 0.25) is 0 Å². The smallest absolute Gasteiger partial charge is 0.269 e. The van der Waals surface area contributed by atoms with Crippen LogP contribution in [0.2, 0.25) is 0 Å².